The molecule has 6 nitrogen and oxygen atoms in total. The average molecular weight is 310 g/mol. The smallest absolute Gasteiger partial charge is 0.326 e. The van der Waals surface area contributed by atoms with E-state index in [1.807, 2.05) is 0 Å². The number of para-hydroxylation sites is 1. The second-order valence-corrected chi connectivity index (χ2v) is 6.63. The normalized spacial score (nSPS) is 16.2. The molecule has 3 N–H and O–H groups in total. The standard InChI is InChI=1S/C14H18N2O4S/c1-2-5-12(14(17)18)15-11-6-3-4-7-13(11)21(19,20)16-10-8-9-10/h2-4,6-7,10,12,15-16H,1,5,8-9H2,(H,17,18). The van der Waals surface area contributed by atoms with Crippen LogP contribution in [0, 0.1) is 0 Å². The lowest BCUT2D eigenvalue weighted by Gasteiger charge is -2.17. The number of hydrogen-bond acceptors (Lipinski definition) is 4. The minimum Gasteiger partial charge on any atom is -0.480 e. The zero-order valence-corrected chi connectivity index (χ0v) is 12.3. The summed E-state index contributed by atoms with van der Waals surface area (Å²) < 4.78 is 27.2. The van der Waals surface area contributed by atoms with Crippen LogP contribution in [0.2, 0.25) is 0 Å². The van der Waals surface area contributed by atoms with Crippen LogP contribution in [0.5, 0.6) is 0 Å². The Bertz CT molecular complexity index is 638. The molecule has 1 aromatic rings. The number of nitrogens with one attached hydrogen (secondary N) is 2. The highest BCUT2D eigenvalue weighted by molar-refractivity contribution is 7.89. The zero-order valence-electron chi connectivity index (χ0n) is 11.5. The first kappa shape index (κ1) is 15.5. The molecular weight excluding hydrogens is 292 g/mol. The maximum Gasteiger partial charge on any atom is 0.326 e. The molecule has 0 spiro atoms. The first-order valence-corrected chi connectivity index (χ1v) is 8.14. The maximum atomic E-state index is 12.3. The summed E-state index contributed by atoms with van der Waals surface area (Å²) in [7, 11) is -3.65. The summed E-state index contributed by atoms with van der Waals surface area (Å²) in [5.74, 6) is -1.06. The minimum absolute atomic E-state index is 0.00787. The summed E-state index contributed by atoms with van der Waals surface area (Å²) in [6, 6.07) is 5.35. The second-order valence-electron chi connectivity index (χ2n) is 4.95. The second kappa shape index (κ2) is 6.28. The number of aliphatic carboxylic acids is 1. The van der Waals surface area contributed by atoms with Crippen molar-refractivity contribution in [1.29, 1.82) is 0 Å². The highest BCUT2D eigenvalue weighted by atomic mass is 32.2. The van der Waals surface area contributed by atoms with Gasteiger partial charge in [-0.05, 0) is 31.4 Å². The van der Waals surface area contributed by atoms with Crippen LogP contribution in [-0.4, -0.2) is 31.6 Å². The highest BCUT2D eigenvalue weighted by Crippen LogP contribution is 2.26. The van der Waals surface area contributed by atoms with Crippen molar-refractivity contribution in [3.8, 4) is 0 Å². The average Bonchev–Trinajstić information content (AvgIpc) is 3.22. The van der Waals surface area contributed by atoms with Gasteiger partial charge in [0.15, 0.2) is 0 Å². The minimum atomic E-state index is -3.65. The van der Waals surface area contributed by atoms with Gasteiger partial charge in [-0.2, -0.15) is 0 Å². The largest absolute Gasteiger partial charge is 0.480 e. The first-order valence-electron chi connectivity index (χ1n) is 6.65. The Hall–Kier alpha value is -1.86. The summed E-state index contributed by atoms with van der Waals surface area (Å²) in [6.45, 7) is 3.51. The molecule has 1 saturated carbocycles. The molecule has 1 aromatic carbocycles. The summed E-state index contributed by atoms with van der Waals surface area (Å²) in [6.07, 6.45) is 3.34. The molecule has 21 heavy (non-hydrogen) atoms. The molecule has 2 rings (SSSR count). The molecule has 7 heteroatoms. The van der Waals surface area contributed by atoms with Crippen LogP contribution in [0.4, 0.5) is 5.69 Å². The first-order chi connectivity index (χ1) is 9.94. The number of carboxylic acid groups (broad SMARTS) is 1. The van der Waals surface area contributed by atoms with E-state index in [9.17, 15) is 13.2 Å². The Labute approximate surface area is 123 Å². The molecule has 0 saturated heterocycles. The summed E-state index contributed by atoms with van der Waals surface area (Å²) in [5, 5.41) is 11.9. The molecule has 0 radical (unpaired) electrons. The molecule has 1 fully saturated rings. The van der Waals surface area contributed by atoms with E-state index in [2.05, 4.69) is 16.6 Å². The molecule has 0 aliphatic heterocycles. The fraction of sp³-hybridized carbons (Fsp3) is 0.357. The van der Waals surface area contributed by atoms with E-state index in [1.165, 1.54) is 12.1 Å². The highest BCUT2D eigenvalue weighted by Gasteiger charge is 2.30. The summed E-state index contributed by atoms with van der Waals surface area (Å²) in [5.41, 5.74) is 0.278. The van der Waals surface area contributed by atoms with E-state index >= 15 is 0 Å². The summed E-state index contributed by atoms with van der Waals surface area (Å²) >= 11 is 0. The fourth-order valence-corrected chi connectivity index (χ4v) is 3.36. The molecule has 1 atom stereocenters. The molecule has 1 aliphatic rings. The Balaban J connectivity index is 2.27. The van der Waals surface area contributed by atoms with Crippen LogP contribution >= 0.6 is 0 Å². The van der Waals surface area contributed by atoms with Gasteiger partial charge in [-0.1, -0.05) is 18.2 Å². The van der Waals surface area contributed by atoms with Crippen molar-refractivity contribution >= 4 is 21.7 Å². The zero-order chi connectivity index (χ0) is 15.5. The van der Waals surface area contributed by atoms with Gasteiger partial charge >= 0.3 is 5.97 Å². The van der Waals surface area contributed by atoms with E-state index in [0.29, 0.717) is 0 Å². The number of sulfonamides is 1. The molecular formula is C14H18N2O4S. The van der Waals surface area contributed by atoms with Crippen molar-refractivity contribution in [3.05, 3.63) is 36.9 Å². The van der Waals surface area contributed by atoms with Gasteiger partial charge in [-0.25, -0.2) is 17.9 Å². The van der Waals surface area contributed by atoms with E-state index in [-0.39, 0.29) is 23.0 Å². The van der Waals surface area contributed by atoms with Crippen molar-refractivity contribution in [1.82, 2.24) is 4.72 Å². The topological polar surface area (TPSA) is 95.5 Å². The lowest BCUT2D eigenvalue weighted by molar-refractivity contribution is -0.137. The predicted molar refractivity (Wildman–Crippen MR) is 79.6 cm³/mol. The van der Waals surface area contributed by atoms with Gasteiger partial charge in [0.25, 0.3) is 0 Å². The number of anilines is 1. The molecule has 0 heterocycles. The van der Waals surface area contributed by atoms with Crippen LogP contribution in [0.15, 0.2) is 41.8 Å². The van der Waals surface area contributed by atoms with E-state index in [4.69, 9.17) is 5.11 Å². The van der Waals surface area contributed by atoms with Crippen molar-refractivity contribution in [2.24, 2.45) is 0 Å². The van der Waals surface area contributed by atoms with Crippen LogP contribution in [-0.2, 0) is 14.8 Å². The molecule has 0 aromatic heterocycles. The van der Waals surface area contributed by atoms with Gasteiger partial charge in [0, 0.05) is 6.04 Å². The van der Waals surface area contributed by atoms with Gasteiger partial charge in [0.1, 0.15) is 10.9 Å². The third kappa shape index (κ3) is 4.05. The lowest BCUT2D eigenvalue weighted by atomic mass is 10.2. The monoisotopic (exact) mass is 310 g/mol. The van der Waals surface area contributed by atoms with E-state index in [0.717, 1.165) is 12.8 Å². The van der Waals surface area contributed by atoms with Gasteiger partial charge in [-0.15, -0.1) is 6.58 Å². The van der Waals surface area contributed by atoms with Crippen LogP contribution < -0.4 is 10.0 Å². The van der Waals surface area contributed by atoms with Crippen molar-refractivity contribution < 1.29 is 18.3 Å². The number of carboxylic acids is 1. The molecule has 0 amide bonds. The van der Waals surface area contributed by atoms with Gasteiger partial charge in [0.05, 0.1) is 5.69 Å². The Kier molecular flexibility index (Phi) is 4.64. The molecule has 1 unspecified atom stereocenters. The van der Waals surface area contributed by atoms with Crippen molar-refractivity contribution in [2.75, 3.05) is 5.32 Å². The van der Waals surface area contributed by atoms with Gasteiger partial charge < -0.3 is 10.4 Å². The number of benzene rings is 1. The lowest BCUT2D eigenvalue weighted by Crippen LogP contribution is -2.31. The predicted octanol–water partition coefficient (Wildman–Crippen LogP) is 1.57. The van der Waals surface area contributed by atoms with Gasteiger partial charge in [-0.3, -0.25) is 0 Å². The Morgan fingerprint density at radius 2 is 2.10 bits per heavy atom. The van der Waals surface area contributed by atoms with E-state index in [1.54, 1.807) is 18.2 Å². The quantitative estimate of drug-likeness (QED) is 0.633. The Morgan fingerprint density at radius 3 is 2.67 bits per heavy atom. The van der Waals surface area contributed by atoms with Crippen LogP contribution in [0.25, 0.3) is 0 Å². The van der Waals surface area contributed by atoms with E-state index < -0.39 is 22.0 Å². The number of hydrogen-bond donors (Lipinski definition) is 3. The SMILES string of the molecule is C=CCC(Nc1ccccc1S(=O)(=O)NC1CC1)C(=O)O. The number of carbonyl (C=O) groups is 1. The van der Waals surface area contributed by atoms with Crippen LogP contribution in [0.3, 0.4) is 0 Å². The number of rotatable bonds is 8. The summed E-state index contributed by atoms with van der Waals surface area (Å²) in [4.78, 5) is 11.2. The molecule has 0 bridgehead atoms. The maximum absolute atomic E-state index is 12.3. The van der Waals surface area contributed by atoms with Crippen molar-refractivity contribution in [2.45, 2.75) is 36.2 Å². The van der Waals surface area contributed by atoms with Gasteiger partial charge in [0.2, 0.25) is 10.0 Å². The Morgan fingerprint density at radius 1 is 1.43 bits per heavy atom. The fourth-order valence-electron chi connectivity index (χ4n) is 1.88. The van der Waals surface area contributed by atoms with Crippen LogP contribution in [0.1, 0.15) is 19.3 Å². The molecule has 1 aliphatic carbocycles. The third-order valence-electron chi connectivity index (χ3n) is 3.11. The third-order valence-corrected chi connectivity index (χ3v) is 4.68. The molecule has 114 valence electrons. The van der Waals surface area contributed by atoms with Crippen molar-refractivity contribution in [3.63, 3.8) is 0 Å².